The molecule has 1 atom stereocenters. The number of carbonyl (C=O) groups excluding carboxylic acids is 2. The smallest absolute Gasteiger partial charge is 0.306 e. The number of hydrogen-bond donors (Lipinski definition) is 0. The molecule has 314 valence electrons. The van der Waals surface area contributed by atoms with Gasteiger partial charge in [-0.15, -0.1) is 0 Å². The van der Waals surface area contributed by atoms with Crippen LogP contribution in [0.3, 0.4) is 0 Å². The zero-order valence-corrected chi connectivity index (χ0v) is 36.0. The van der Waals surface area contributed by atoms with Gasteiger partial charge in [-0.3, -0.25) is 9.59 Å². The molecule has 0 amide bonds. The first kappa shape index (κ1) is 51.9. The minimum Gasteiger partial charge on any atom is -0.462 e. The Morgan fingerprint density at radius 2 is 0.833 bits per heavy atom. The lowest BCUT2D eigenvalue weighted by Gasteiger charge is -2.18. The van der Waals surface area contributed by atoms with E-state index < -0.39 is 6.10 Å². The second kappa shape index (κ2) is 45.3. The molecule has 0 aliphatic carbocycles. The van der Waals surface area contributed by atoms with E-state index in [0.717, 1.165) is 77.0 Å². The zero-order chi connectivity index (χ0) is 39.3. The van der Waals surface area contributed by atoms with Crippen molar-refractivity contribution < 1.29 is 23.8 Å². The van der Waals surface area contributed by atoms with Crippen molar-refractivity contribution in [2.75, 3.05) is 19.8 Å². The third kappa shape index (κ3) is 42.6. The highest BCUT2D eigenvalue weighted by atomic mass is 16.6. The van der Waals surface area contributed by atoms with Crippen LogP contribution in [-0.4, -0.2) is 37.9 Å². The van der Waals surface area contributed by atoms with Crippen LogP contribution >= 0.6 is 0 Å². The first-order valence-electron chi connectivity index (χ1n) is 23.2. The lowest BCUT2D eigenvalue weighted by molar-refractivity contribution is -0.163. The summed E-state index contributed by atoms with van der Waals surface area (Å²) in [6, 6.07) is 0. The Balaban J connectivity index is 4.07. The van der Waals surface area contributed by atoms with E-state index in [0.29, 0.717) is 19.4 Å². The van der Waals surface area contributed by atoms with Crippen LogP contribution < -0.4 is 0 Å². The minimum absolute atomic E-state index is 0.0659. The average molecular weight is 757 g/mol. The third-order valence-corrected chi connectivity index (χ3v) is 9.88. The van der Waals surface area contributed by atoms with Crippen LogP contribution in [0.2, 0.25) is 0 Å². The van der Waals surface area contributed by atoms with Gasteiger partial charge in [0.15, 0.2) is 6.10 Å². The molecule has 0 bridgehead atoms. The number of hydrogen-bond acceptors (Lipinski definition) is 5. The van der Waals surface area contributed by atoms with Crippen molar-refractivity contribution in [3.05, 3.63) is 48.6 Å². The molecule has 5 nitrogen and oxygen atoms in total. The maximum absolute atomic E-state index is 12.5. The van der Waals surface area contributed by atoms with Gasteiger partial charge in [0.05, 0.1) is 6.61 Å². The molecule has 0 rings (SSSR count). The van der Waals surface area contributed by atoms with Crippen molar-refractivity contribution in [3.8, 4) is 0 Å². The molecule has 1 unspecified atom stereocenters. The summed E-state index contributed by atoms with van der Waals surface area (Å²) in [6.45, 7) is 7.62. The molecular formula is C49H88O5. The topological polar surface area (TPSA) is 61.8 Å². The van der Waals surface area contributed by atoms with Gasteiger partial charge in [0.25, 0.3) is 0 Å². The van der Waals surface area contributed by atoms with Gasteiger partial charge in [-0.1, -0.05) is 204 Å². The van der Waals surface area contributed by atoms with Crippen LogP contribution in [0.1, 0.15) is 226 Å². The molecule has 0 radical (unpaired) electrons. The standard InChI is InChI=1S/C49H88O5/c1-4-7-10-13-15-17-19-21-23-24-25-27-29-31-33-35-38-41-44-52-45-47(54-49(51)43-40-36-12-9-6-3)46-53-48(50)42-39-37-34-32-30-28-26-22-20-18-16-14-11-8-5-2/h8,11,16,18,22,26,30,32,47H,4-7,9-10,12-15,17,19-21,23-25,27-29,31,33-46H2,1-3H3/b11-8-,18-16-,26-22-,32-30-. The second-order valence-electron chi connectivity index (χ2n) is 15.3. The van der Waals surface area contributed by atoms with Gasteiger partial charge in [0.1, 0.15) is 6.61 Å². The predicted octanol–water partition coefficient (Wildman–Crippen LogP) is 15.2. The normalized spacial score (nSPS) is 12.6. The molecule has 0 aromatic rings. The summed E-state index contributed by atoms with van der Waals surface area (Å²) < 4.78 is 17.2. The van der Waals surface area contributed by atoms with Crippen molar-refractivity contribution in [1.29, 1.82) is 0 Å². The monoisotopic (exact) mass is 757 g/mol. The van der Waals surface area contributed by atoms with E-state index in [1.165, 1.54) is 116 Å². The summed E-state index contributed by atoms with van der Waals surface area (Å²) in [5.74, 6) is -0.452. The summed E-state index contributed by atoms with van der Waals surface area (Å²) in [4.78, 5) is 25.0. The molecule has 0 aromatic carbocycles. The van der Waals surface area contributed by atoms with Crippen LogP contribution in [0.5, 0.6) is 0 Å². The summed E-state index contributed by atoms with van der Waals surface area (Å²) in [6.07, 6.45) is 54.3. The quantitative estimate of drug-likeness (QED) is 0.0353. The Morgan fingerprint density at radius 3 is 1.33 bits per heavy atom. The second-order valence-corrected chi connectivity index (χ2v) is 15.3. The fraction of sp³-hybridized carbons (Fsp3) is 0.796. The van der Waals surface area contributed by atoms with Crippen molar-refractivity contribution in [3.63, 3.8) is 0 Å². The van der Waals surface area contributed by atoms with Crippen LogP contribution in [0.15, 0.2) is 48.6 Å². The zero-order valence-electron chi connectivity index (χ0n) is 36.0. The average Bonchev–Trinajstić information content (AvgIpc) is 3.17. The lowest BCUT2D eigenvalue weighted by Crippen LogP contribution is -2.30. The molecule has 0 saturated carbocycles. The number of carbonyl (C=O) groups is 2. The fourth-order valence-electron chi connectivity index (χ4n) is 6.44. The summed E-state index contributed by atoms with van der Waals surface area (Å²) >= 11 is 0. The molecule has 54 heavy (non-hydrogen) atoms. The Hall–Kier alpha value is -2.14. The molecular weight excluding hydrogens is 669 g/mol. The van der Waals surface area contributed by atoms with E-state index in [4.69, 9.17) is 14.2 Å². The SMILES string of the molecule is CC/C=C\C/C=C\C/C=C\C/C=C\CCCCC(=O)OCC(COCCCCCCCCCCCCCCCCCCCC)OC(=O)CCCCCCC. The van der Waals surface area contributed by atoms with Crippen LogP contribution in [-0.2, 0) is 23.8 Å². The van der Waals surface area contributed by atoms with Gasteiger partial charge in [-0.25, -0.2) is 0 Å². The Kier molecular flexibility index (Phi) is 43.5. The van der Waals surface area contributed by atoms with Gasteiger partial charge in [0.2, 0.25) is 0 Å². The number of unbranched alkanes of at least 4 members (excludes halogenated alkanes) is 23. The predicted molar refractivity (Wildman–Crippen MR) is 233 cm³/mol. The highest BCUT2D eigenvalue weighted by Gasteiger charge is 2.17. The van der Waals surface area contributed by atoms with E-state index in [2.05, 4.69) is 69.4 Å². The number of esters is 2. The van der Waals surface area contributed by atoms with Crippen LogP contribution in [0.4, 0.5) is 0 Å². The highest BCUT2D eigenvalue weighted by Crippen LogP contribution is 2.15. The molecule has 0 spiro atoms. The van der Waals surface area contributed by atoms with Gasteiger partial charge < -0.3 is 14.2 Å². The van der Waals surface area contributed by atoms with Crippen LogP contribution in [0, 0.1) is 0 Å². The fourth-order valence-corrected chi connectivity index (χ4v) is 6.44. The van der Waals surface area contributed by atoms with E-state index >= 15 is 0 Å². The summed E-state index contributed by atoms with van der Waals surface area (Å²) in [5.41, 5.74) is 0. The third-order valence-electron chi connectivity index (χ3n) is 9.88. The maximum atomic E-state index is 12.5. The van der Waals surface area contributed by atoms with Crippen molar-refractivity contribution >= 4 is 11.9 Å². The van der Waals surface area contributed by atoms with Crippen LogP contribution in [0.25, 0.3) is 0 Å². The Bertz CT molecular complexity index is 904. The van der Waals surface area contributed by atoms with Gasteiger partial charge in [-0.2, -0.15) is 0 Å². The van der Waals surface area contributed by atoms with E-state index in [1.807, 2.05) is 0 Å². The largest absolute Gasteiger partial charge is 0.462 e. The molecule has 0 aliphatic rings. The molecule has 0 heterocycles. The summed E-state index contributed by atoms with van der Waals surface area (Å²) in [7, 11) is 0. The van der Waals surface area contributed by atoms with Gasteiger partial charge >= 0.3 is 11.9 Å². The van der Waals surface area contributed by atoms with E-state index in [9.17, 15) is 9.59 Å². The highest BCUT2D eigenvalue weighted by molar-refractivity contribution is 5.70. The molecule has 0 aliphatic heterocycles. The van der Waals surface area contributed by atoms with Crippen molar-refractivity contribution in [2.45, 2.75) is 232 Å². The lowest BCUT2D eigenvalue weighted by atomic mass is 10.0. The van der Waals surface area contributed by atoms with Crippen molar-refractivity contribution in [1.82, 2.24) is 0 Å². The molecule has 0 saturated heterocycles. The number of rotatable bonds is 42. The minimum atomic E-state index is -0.544. The molecule has 0 aromatic heterocycles. The summed E-state index contributed by atoms with van der Waals surface area (Å²) in [5, 5.41) is 0. The number of ether oxygens (including phenoxy) is 3. The van der Waals surface area contributed by atoms with Gasteiger partial charge in [0, 0.05) is 19.4 Å². The van der Waals surface area contributed by atoms with Gasteiger partial charge in [-0.05, 0) is 57.8 Å². The van der Waals surface area contributed by atoms with E-state index in [1.54, 1.807) is 0 Å². The molecule has 5 heteroatoms. The van der Waals surface area contributed by atoms with E-state index in [-0.39, 0.29) is 25.2 Å². The molecule has 0 N–H and O–H groups in total. The molecule has 0 fully saturated rings. The number of allylic oxidation sites excluding steroid dienone is 8. The Labute approximate surface area is 335 Å². The maximum Gasteiger partial charge on any atom is 0.306 e. The first-order chi connectivity index (χ1) is 26.6. The first-order valence-corrected chi connectivity index (χ1v) is 23.2. The van der Waals surface area contributed by atoms with Crippen molar-refractivity contribution in [2.24, 2.45) is 0 Å². The Morgan fingerprint density at radius 1 is 0.426 bits per heavy atom.